The Kier molecular flexibility index (Phi) is 13.7. The van der Waals surface area contributed by atoms with Crippen LogP contribution in [0.3, 0.4) is 0 Å². The van der Waals surface area contributed by atoms with Crippen molar-refractivity contribution < 1.29 is 4.74 Å². The molecule has 0 heterocycles. The van der Waals surface area contributed by atoms with Crippen LogP contribution in [0.5, 0.6) is 0 Å². The van der Waals surface area contributed by atoms with Gasteiger partial charge in [0.15, 0.2) is 0 Å². The van der Waals surface area contributed by atoms with Crippen LogP contribution in [0, 0.1) is 7.11 Å². The summed E-state index contributed by atoms with van der Waals surface area (Å²) >= 11 is 0. The second-order valence-corrected chi connectivity index (χ2v) is 0.659. The van der Waals surface area contributed by atoms with Gasteiger partial charge in [-0.3, -0.25) is 0 Å². The summed E-state index contributed by atoms with van der Waals surface area (Å²) in [5.74, 6) is 0. The van der Waals surface area contributed by atoms with Crippen molar-refractivity contribution in [3.63, 3.8) is 0 Å². The zero-order chi connectivity index (χ0) is 4.12. The molecule has 2 heteroatoms. The summed E-state index contributed by atoms with van der Waals surface area (Å²) in [4.78, 5) is 0. The van der Waals surface area contributed by atoms with Crippen LogP contribution < -0.4 is 0 Å². The Labute approximate surface area is 32.3 Å². The summed E-state index contributed by atoms with van der Waals surface area (Å²) in [6.07, 6.45) is 1.65. The molecule has 0 radical (unpaired) electrons. The van der Waals surface area contributed by atoms with E-state index in [1.165, 1.54) is 0 Å². The maximum absolute atomic E-state index is 4.32. The molecule has 0 rings (SSSR count). The van der Waals surface area contributed by atoms with E-state index in [1.807, 2.05) is 0 Å². The third-order valence-electron chi connectivity index (χ3n) is 0.236. The Morgan fingerprint density at radius 1 is 1.83 bits per heavy atom. The van der Waals surface area contributed by atoms with Gasteiger partial charge in [0.1, 0.15) is 0 Å². The van der Waals surface area contributed by atoms with Crippen molar-refractivity contribution in [1.82, 2.24) is 0 Å². The summed E-state index contributed by atoms with van der Waals surface area (Å²) in [5, 5.41) is 0. The summed E-state index contributed by atoms with van der Waals surface area (Å²) in [6.45, 7) is 3.93. The quantitative estimate of drug-likeness (QED) is 0.539. The molecule has 0 saturated heterocycles. The van der Waals surface area contributed by atoms with E-state index in [2.05, 4.69) is 18.4 Å². The Morgan fingerprint density at radius 2 is 2.33 bits per heavy atom. The Hall–Kier alpha value is -1.30. The molecule has 0 atom stereocenters. The summed E-state index contributed by atoms with van der Waals surface area (Å²) < 4.78 is 4.32. The maximum atomic E-state index is 4.32. The van der Waals surface area contributed by atoms with Gasteiger partial charge >= 0.3 is 0 Å². The van der Waals surface area contributed by atoms with Gasteiger partial charge in [-0.2, -0.15) is 0 Å². The first-order chi connectivity index (χ1) is 2.41. The van der Waals surface area contributed by atoms with Crippen LogP contribution in [0.2, 0.25) is 0 Å². The summed E-state index contributed by atoms with van der Waals surface area (Å²) in [5.41, 5.74) is 0. The minimum absolute atomic E-state index is 0. The van der Waals surface area contributed by atoms with Crippen molar-refractivity contribution in [3.05, 3.63) is 19.8 Å². The normalized spacial score (nSPS) is 6.17. The molecule has 0 amide bonds. The molecule has 1 nitrogen and oxygen atoms in total. The third kappa shape index (κ3) is 15.9. The first-order valence-corrected chi connectivity index (χ1v) is 1.39. The van der Waals surface area contributed by atoms with Crippen LogP contribution >= 0.6 is 0 Å². The average molecular weight is 338 g/mol. The largest absolute Gasteiger partial charge is 0.552 e. The van der Waals surface area contributed by atoms with E-state index in [0.29, 0.717) is 6.61 Å². The zero-order valence-corrected chi connectivity index (χ0v) is 10.2. The van der Waals surface area contributed by atoms with Gasteiger partial charge in [-0.25, -0.2) is 7.11 Å². The Bertz CT molecular complexity index is 28.7. The molecule has 0 N–H and O–H groups in total. The van der Waals surface area contributed by atoms with Crippen molar-refractivity contribution in [2.75, 3.05) is 6.61 Å². The molecule has 0 aromatic rings. The minimum Gasteiger partial charge on any atom is -0.552 e. The SMILES string of the molecule is C=CCO[CH2-].[Rf]. The zero-order valence-electron chi connectivity index (χ0n) is 3.81. The number of ether oxygens (including phenoxy) is 1. The average Bonchev–Trinajstić information content (AvgIpc) is 1.41. The van der Waals surface area contributed by atoms with Crippen LogP contribution in [0.1, 0.15) is 0 Å². The molecule has 0 aliphatic carbocycles. The third-order valence-corrected chi connectivity index (χ3v) is 0.236. The van der Waals surface area contributed by atoms with E-state index in [-0.39, 0.29) is 0 Å². The molecule has 32 valence electrons. The van der Waals surface area contributed by atoms with Gasteiger partial charge in [0.25, 0.3) is 0 Å². The van der Waals surface area contributed by atoms with E-state index in [1.54, 1.807) is 6.08 Å². The van der Waals surface area contributed by atoms with Gasteiger partial charge in [0, 0.05) is 6.61 Å². The molecule has 0 unspecified atom stereocenters. The molecule has 0 aromatic carbocycles. The minimum atomic E-state index is 0. The van der Waals surface area contributed by atoms with Crippen LogP contribution in [0.4, 0.5) is 0 Å². The van der Waals surface area contributed by atoms with Crippen molar-refractivity contribution >= 4 is 0 Å². The van der Waals surface area contributed by atoms with Gasteiger partial charge in [-0.1, -0.05) is 6.08 Å². The van der Waals surface area contributed by atoms with E-state index >= 15 is 0 Å². The van der Waals surface area contributed by atoms with Crippen molar-refractivity contribution in [1.29, 1.82) is 0 Å². The number of hydrogen-bond donors (Lipinski definition) is 0. The molecule has 0 spiro atoms. The van der Waals surface area contributed by atoms with Crippen LogP contribution in [0.15, 0.2) is 12.7 Å². The molecule has 0 aliphatic rings. The molecule has 0 aliphatic heterocycles. The monoisotopic (exact) mass is 338 g/mol. The molecule has 0 saturated carbocycles. The second kappa shape index (κ2) is 9.33. The molecule has 6 heavy (non-hydrogen) atoms. The van der Waals surface area contributed by atoms with Gasteiger partial charge in [-0.05, 0) is 0 Å². The van der Waals surface area contributed by atoms with Crippen molar-refractivity contribution in [2.24, 2.45) is 0 Å². The predicted octanol–water partition coefficient (Wildman–Crippen LogP) is 0.981. The van der Waals surface area contributed by atoms with Crippen LogP contribution in [-0.2, 0) is 4.74 Å². The Balaban J connectivity index is 0. The van der Waals surface area contributed by atoms with E-state index in [4.69, 9.17) is 0 Å². The topological polar surface area (TPSA) is 9.23 Å². The van der Waals surface area contributed by atoms with Crippen molar-refractivity contribution in [2.45, 2.75) is 0 Å². The summed E-state index contributed by atoms with van der Waals surface area (Å²) in [6, 6.07) is 0. The van der Waals surface area contributed by atoms with E-state index in [0.717, 1.165) is 0 Å². The first-order valence-electron chi connectivity index (χ1n) is 1.39. The molecular weight excluding hydrogens is 331 g/mol. The van der Waals surface area contributed by atoms with E-state index < -0.39 is 0 Å². The molecule has 0 bridgehead atoms. The fraction of sp³-hybridized carbons (Fsp3) is 0.250. The van der Waals surface area contributed by atoms with Gasteiger partial charge in [0.2, 0.25) is 0 Å². The van der Waals surface area contributed by atoms with Crippen LogP contribution in [-0.4, -0.2) is 6.61 Å². The predicted molar refractivity (Wildman–Crippen MR) is 21.5 cm³/mol. The standard InChI is InChI=1S/C4H7O.Rf/c1-3-4-5-2;/h3H,1-2,4H2;/q-1;. The first kappa shape index (κ1) is 8.83. The van der Waals surface area contributed by atoms with Crippen LogP contribution in [0.25, 0.3) is 0 Å². The molecular formula is C4H7ORf-. The van der Waals surface area contributed by atoms with Gasteiger partial charge in [0.05, 0.1) is 0 Å². The second-order valence-electron chi connectivity index (χ2n) is 0.659. The van der Waals surface area contributed by atoms with E-state index in [9.17, 15) is 0 Å². The molecule has 0 aromatic heterocycles. The Morgan fingerprint density at radius 3 is 2.33 bits per heavy atom. The number of hydrogen-bond acceptors (Lipinski definition) is 1. The van der Waals surface area contributed by atoms with Crippen molar-refractivity contribution in [3.8, 4) is 0 Å². The fourth-order valence-electron chi connectivity index (χ4n) is 0.0833. The summed E-state index contributed by atoms with van der Waals surface area (Å²) in [7, 11) is 3.10. The van der Waals surface area contributed by atoms with Gasteiger partial charge < -0.3 is 4.74 Å². The maximum Gasteiger partial charge on any atom is 0.0298 e. The fourth-order valence-corrected chi connectivity index (χ4v) is 0.0833. The number of rotatable bonds is 2. The van der Waals surface area contributed by atoms with Gasteiger partial charge in [-0.15, -0.1) is 6.58 Å². The molecule has 0 fully saturated rings. The smallest absolute Gasteiger partial charge is 0.0298 e.